The first kappa shape index (κ1) is 17.8. The third kappa shape index (κ3) is 2.93. The molecule has 7 nitrogen and oxygen atoms in total. The Kier molecular flexibility index (Phi) is 4.28. The number of hydrogen-bond donors (Lipinski definition) is 1. The zero-order valence-corrected chi connectivity index (χ0v) is 15.3. The summed E-state index contributed by atoms with van der Waals surface area (Å²) in [6, 6.07) is 7.37. The van der Waals surface area contributed by atoms with Gasteiger partial charge in [0, 0.05) is 24.1 Å². The van der Waals surface area contributed by atoms with Gasteiger partial charge in [-0.1, -0.05) is 41.4 Å². The molecule has 1 aliphatic carbocycles. The average Bonchev–Trinajstić information content (AvgIpc) is 3.11. The van der Waals surface area contributed by atoms with Crippen LogP contribution in [-0.2, 0) is 0 Å². The van der Waals surface area contributed by atoms with Crippen LogP contribution < -0.4 is 5.32 Å². The van der Waals surface area contributed by atoms with Crippen molar-refractivity contribution in [2.75, 3.05) is 5.32 Å². The molecule has 0 saturated carbocycles. The summed E-state index contributed by atoms with van der Waals surface area (Å²) in [5, 5.41) is 26.1. The molecule has 3 atom stereocenters. The average molecular weight is 406 g/mol. The molecule has 0 fully saturated rings. The Balaban J connectivity index is 1.82. The lowest BCUT2D eigenvalue weighted by Gasteiger charge is -2.37. The molecule has 0 aromatic heterocycles. The molecule has 0 saturated heterocycles. The van der Waals surface area contributed by atoms with Crippen LogP contribution in [0, 0.1) is 26.1 Å². The fourth-order valence-corrected chi connectivity index (χ4v) is 4.40. The van der Waals surface area contributed by atoms with Crippen molar-refractivity contribution in [1.29, 1.82) is 0 Å². The Labute approximate surface area is 163 Å². The van der Waals surface area contributed by atoms with E-state index in [0.717, 1.165) is 17.5 Å². The van der Waals surface area contributed by atoms with Crippen molar-refractivity contribution in [3.05, 3.63) is 83.9 Å². The van der Waals surface area contributed by atoms with Crippen LogP contribution in [-0.4, -0.2) is 9.85 Å². The zero-order valence-electron chi connectivity index (χ0n) is 13.8. The Hall–Kier alpha value is -2.64. The number of nitrogens with zero attached hydrogens (tertiary/aromatic N) is 2. The van der Waals surface area contributed by atoms with Gasteiger partial charge in [-0.2, -0.15) is 0 Å². The third-order valence-electron chi connectivity index (χ3n) is 5.14. The zero-order chi connectivity index (χ0) is 19.3. The highest BCUT2D eigenvalue weighted by Gasteiger charge is 2.40. The lowest BCUT2D eigenvalue weighted by atomic mass is 9.77. The normalized spacial score (nSPS) is 22.7. The molecule has 1 N–H and O–H groups in total. The molecule has 1 heterocycles. The predicted octanol–water partition coefficient (Wildman–Crippen LogP) is 5.64. The number of nitro groups is 2. The summed E-state index contributed by atoms with van der Waals surface area (Å²) in [6.45, 7) is 0. The number of halogens is 2. The van der Waals surface area contributed by atoms with Crippen molar-refractivity contribution in [3.8, 4) is 0 Å². The number of rotatable bonds is 3. The van der Waals surface area contributed by atoms with Crippen LogP contribution in [0.2, 0.25) is 10.0 Å². The van der Waals surface area contributed by atoms with Gasteiger partial charge in [0.15, 0.2) is 0 Å². The van der Waals surface area contributed by atoms with E-state index in [1.807, 2.05) is 12.2 Å². The summed E-state index contributed by atoms with van der Waals surface area (Å²) in [6.07, 6.45) is 4.79. The molecular formula is C18H13Cl2N3O4. The minimum Gasteiger partial charge on any atom is -0.376 e. The maximum absolute atomic E-state index is 11.2. The van der Waals surface area contributed by atoms with Gasteiger partial charge in [-0.3, -0.25) is 20.2 Å². The van der Waals surface area contributed by atoms with E-state index in [2.05, 4.69) is 5.32 Å². The molecule has 0 spiro atoms. The molecule has 9 heteroatoms. The molecular weight excluding hydrogens is 393 g/mol. The van der Waals surface area contributed by atoms with Gasteiger partial charge >= 0.3 is 0 Å². The quantitative estimate of drug-likeness (QED) is 0.404. The minimum absolute atomic E-state index is 0.0554. The van der Waals surface area contributed by atoms with E-state index in [0.29, 0.717) is 5.69 Å². The molecule has 2 aromatic rings. The Morgan fingerprint density at radius 2 is 1.81 bits per heavy atom. The Morgan fingerprint density at radius 3 is 2.52 bits per heavy atom. The van der Waals surface area contributed by atoms with Crippen LogP contribution in [0.5, 0.6) is 0 Å². The van der Waals surface area contributed by atoms with E-state index < -0.39 is 9.85 Å². The molecule has 0 bridgehead atoms. The monoisotopic (exact) mass is 405 g/mol. The molecule has 2 aliphatic rings. The highest BCUT2D eigenvalue weighted by Crippen LogP contribution is 2.52. The number of non-ortho nitro benzene ring substituents is 1. The van der Waals surface area contributed by atoms with Crippen LogP contribution >= 0.6 is 23.2 Å². The van der Waals surface area contributed by atoms with Gasteiger partial charge in [0.2, 0.25) is 0 Å². The summed E-state index contributed by atoms with van der Waals surface area (Å²) in [5.41, 5.74) is 1.91. The van der Waals surface area contributed by atoms with Crippen molar-refractivity contribution in [2.24, 2.45) is 5.92 Å². The SMILES string of the molecule is O=[N+]([O-])c1cc(Cl)c2c(c1)[C@@H]1C=CC[C@H]1[C@@H](c1ccc(Cl)c([N+](=O)[O-])c1)N2. The molecule has 138 valence electrons. The van der Waals surface area contributed by atoms with Gasteiger partial charge in [-0.15, -0.1) is 0 Å². The van der Waals surface area contributed by atoms with E-state index in [1.165, 1.54) is 18.2 Å². The van der Waals surface area contributed by atoms with E-state index in [4.69, 9.17) is 23.2 Å². The largest absolute Gasteiger partial charge is 0.376 e. The summed E-state index contributed by atoms with van der Waals surface area (Å²) in [4.78, 5) is 21.4. The summed E-state index contributed by atoms with van der Waals surface area (Å²) < 4.78 is 0. The second kappa shape index (κ2) is 6.51. The molecule has 2 aromatic carbocycles. The second-order valence-electron chi connectivity index (χ2n) is 6.59. The van der Waals surface area contributed by atoms with Gasteiger partial charge < -0.3 is 5.32 Å². The first-order valence-corrected chi connectivity index (χ1v) is 8.97. The molecule has 0 radical (unpaired) electrons. The number of fused-ring (bicyclic) bond motifs is 3. The van der Waals surface area contributed by atoms with Crippen molar-refractivity contribution < 1.29 is 9.85 Å². The van der Waals surface area contributed by atoms with E-state index in [-0.39, 0.29) is 39.3 Å². The van der Waals surface area contributed by atoms with Gasteiger partial charge in [0.25, 0.3) is 11.4 Å². The highest BCUT2D eigenvalue weighted by molar-refractivity contribution is 6.33. The summed E-state index contributed by atoms with van der Waals surface area (Å²) in [5.74, 6) is 0.00901. The number of nitro benzene ring substituents is 2. The van der Waals surface area contributed by atoms with Gasteiger partial charge in [0.05, 0.1) is 26.6 Å². The highest BCUT2D eigenvalue weighted by atomic mass is 35.5. The van der Waals surface area contributed by atoms with E-state index >= 15 is 0 Å². The lowest BCUT2D eigenvalue weighted by molar-refractivity contribution is -0.385. The van der Waals surface area contributed by atoms with Gasteiger partial charge in [-0.25, -0.2) is 0 Å². The molecule has 0 unspecified atom stereocenters. The maximum atomic E-state index is 11.2. The third-order valence-corrected chi connectivity index (χ3v) is 5.76. The van der Waals surface area contributed by atoms with Crippen molar-refractivity contribution in [1.82, 2.24) is 0 Å². The number of allylic oxidation sites excluding steroid dienone is 2. The first-order valence-electron chi connectivity index (χ1n) is 8.21. The van der Waals surface area contributed by atoms with Gasteiger partial charge in [-0.05, 0) is 29.5 Å². The maximum Gasteiger partial charge on any atom is 0.288 e. The van der Waals surface area contributed by atoms with Crippen molar-refractivity contribution >= 4 is 40.3 Å². The minimum atomic E-state index is -0.511. The Morgan fingerprint density at radius 1 is 1.04 bits per heavy atom. The number of hydrogen-bond acceptors (Lipinski definition) is 5. The van der Waals surface area contributed by atoms with Crippen molar-refractivity contribution in [2.45, 2.75) is 18.4 Å². The fourth-order valence-electron chi connectivity index (χ4n) is 3.94. The van der Waals surface area contributed by atoms with Gasteiger partial charge in [0.1, 0.15) is 5.02 Å². The summed E-state index contributed by atoms with van der Waals surface area (Å²) >= 11 is 12.3. The van der Waals surface area contributed by atoms with E-state index in [1.54, 1.807) is 12.1 Å². The van der Waals surface area contributed by atoms with E-state index in [9.17, 15) is 20.2 Å². The first-order chi connectivity index (χ1) is 12.9. The second-order valence-corrected chi connectivity index (χ2v) is 7.41. The smallest absolute Gasteiger partial charge is 0.288 e. The molecule has 27 heavy (non-hydrogen) atoms. The van der Waals surface area contributed by atoms with Crippen molar-refractivity contribution in [3.63, 3.8) is 0 Å². The fraction of sp³-hybridized carbons (Fsp3) is 0.222. The molecule has 1 aliphatic heterocycles. The lowest BCUT2D eigenvalue weighted by Crippen LogP contribution is -2.29. The topological polar surface area (TPSA) is 98.3 Å². The van der Waals surface area contributed by atoms with Crippen LogP contribution in [0.4, 0.5) is 17.1 Å². The van der Waals surface area contributed by atoms with Crippen LogP contribution in [0.15, 0.2) is 42.5 Å². The number of nitrogens with one attached hydrogen (secondary N) is 1. The molecule has 4 rings (SSSR count). The number of benzene rings is 2. The van der Waals surface area contributed by atoms with Crippen LogP contribution in [0.25, 0.3) is 0 Å². The predicted molar refractivity (Wildman–Crippen MR) is 103 cm³/mol. The summed E-state index contributed by atoms with van der Waals surface area (Å²) in [7, 11) is 0. The number of anilines is 1. The standard InChI is InChI=1S/C18H13Cl2N3O4/c19-14-5-4-9(6-16(14)23(26)27)17-12-3-1-2-11(12)13-7-10(22(24)25)8-15(20)18(13)21-17/h1-2,4-8,11-12,17,21H,3H2/t11-,12-,17-/m1/s1. The van der Waals surface area contributed by atoms with Crippen LogP contribution in [0.1, 0.15) is 29.5 Å². The Bertz CT molecular complexity index is 1010. The van der Waals surface area contributed by atoms with Crippen LogP contribution in [0.3, 0.4) is 0 Å². The molecule has 0 amide bonds.